The Hall–Kier alpha value is -0.380. The fraction of sp³-hybridized carbons (Fsp3) is 0.778. The summed E-state index contributed by atoms with van der Waals surface area (Å²) < 4.78 is 0. The molecule has 12 heavy (non-hydrogen) atoms. The molecule has 2 N–H and O–H groups in total. The maximum atomic E-state index is 8.79. The van der Waals surface area contributed by atoms with E-state index in [-0.39, 0.29) is 6.61 Å². The SMILES string of the molecule is OCCN1CCC2=C(CNC2)C1. The Balaban J connectivity index is 1.95. The maximum Gasteiger partial charge on any atom is 0.0558 e. The molecule has 68 valence electrons. The topological polar surface area (TPSA) is 35.5 Å². The lowest BCUT2D eigenvalue weighted by Gasteiger charge is -2.26. The first kappa shape index (κ1) is 8.23. The minimum absolute atomic E-state index is 0.288. The molecule has 2 rings (SSSR count). The van der Waals surface area contributed by atoms with Crippen molar-refractivity contribution < 1.29 is 5.11 Å². The molecule has 0 aromatic carbocycles. The van der Waals surface area contributed by atoms with E-state index in [1.807, 2.05) is 0 Å². The molecule has 0 amide bonds. The van der Waals surface area contributed by atoms with Crippen LogP contribution in [-0.2, 0) is 0 Å². The molecule has 0 aliphatic carbocycles. The van der Waals surface area contributed by atoms with Gasteiger partial charge in [0, 0.05) is 32.7 Å². The van der Waals surface area contributed by atoms with Gasteiger partial charge in [0.15, 0.2) is 0 Å². The molecular weight excluding hydrogens is 152 g/mol. The lowest BCUT2D eigenvalue weighted by molar-refractivity contribution is 0.202. The van der Waals surface area contributed by atoms with Crippen molar-refractivity contribution in [1.29, 1.82) is 0 Å². The first-order chi connectivity index (χ1) is 5.90. The zero-order chi connectivity index (χ0) is 8.39. The van der Waals surface area contributed by atoms with Gasteiger partial charge in [-0.25, -0.2) is 0 Å². The summed E-state index contributed by atoms with van der Waals surface area (Å²) in [5, 5.41) is 12.1. The molecule has 0 aromatic heterocycles. The van der Waals surface area contributed by atoms with Gasteiger partial charge in [-0.1, -0.05) is 5.57 Å². The summed E-state index contributed by atoms with van der Waals surface area (Å²) in [6.45, 7) is 5.48. The summed E-state index contributed by atoms with van der Waals surface area (Å²) >= 11 is 0. The molecule has 0 spiro atoms. The standard InChI is InChI=1S/C9H16N2O/c12-4-3-11-2-1-8-5-10-6-9(8)7-11/h10,12H,1-7H2. The molecule has 2 aliphatic heterocycles. The number of rotatable bonds is 2. The minimum Gasteiger partial charge on any atom is -0.395 e. The second-order valence-electron chi connectivity index (χ2n) is 3.56. The molecule has 0 radical (unpaired) electrons. The van der Waals surface area contributed by atoms with Crippen LogP contribution in [-0.4, -0.2) is 49.3 Å². The number of hydrogen-bond donors (Lipinski definition) is 2. The maximum absolute atomic E-state index is 8.79. The Morgan fingerprint density at radius 2 is 2.17 bits per heavy atom. The third kappa shape index (κ3) is 1.53. The fourth-order valence-corrected chi connectivity index (χ4v) is 2.02. The van der Waals surface area contributed by atoms with Gasteiger partial charge in [0.25, 0.3) is 0 Å². The predicted octanol–water partition coefficient (Wildman–Crippen LogP) is -0.416. The zero-order valence-corrected chi connectivity index (χ0v) is 7.34. The second kappa shape index (κ2) is 3.56. The highest BCUT2D eigenvalue weighted by atomic mass is 16.3. The van der Waals surface area contributed by atoms with Crippen LogP contribution in [0.5, 0.6) is 0 Å². The monoisotopic (exact) mass is 168 g/mol. The Morgan fingerprint density at radius 1 is 1.33 bits per heavy atom. The molecule has 0 atom stereocenters. The summed E-state index contributed by atoms with van der Waals surface area (Å²) in [7, 11) is 0. The van der Waals surface area contributed by atoms with Crippen LogP contribution in [0.2, 0.25) is 0 Å². The molecule has 3 heteroatoms. The molecule has 2 aliphatic rings. The quantitative estimate of drug-likeness (QED) is 0.550. The van der Waals surface area contributed by atoms with Crippen LogP contribution < -0.4 is 5.32 Å². The number of aliphatic hydroxyl groups is 1. The first-order valence-electron chi connectivity index (χ1n) is 4.64. The number of β-amino-alcohol motifs (C(OH)–C–C–N with tert-alkyl or cyclic N) is 1. The van der Waals surface area contributed by atoms with E-state index >= 15 is 0 Å². The highest BCUT2D eigenvalue weighted by Crippen LogP contribution is 2.19. The number of aliphatic hydroxyl groups excluding tert-OH is 1. The number of nitrogens with one attached hydrogen (secondary N) is 1. The molecule has 0 aromatic rings. The average Bonchev–Trinajstić information content (AvgIpc) is 2.51. The van der Waals surface area contributed by atoms with E-state index in [2.05, 4.69) is 10.2 Å². The minimum atomic E-state index is 0.288. The van der Waals surface area contributed by atoms with Crippen molar-refractivity contribution >= 4 is 0 Å². The molecule has 0 saturated carbocycles. The molecule has 3 nitrogen and oxygen atoms in total. The van der Waals surface area contributed by atoms with Gasteiger partial charge in [0.2, 0.25) is 0 Å². The Morgan fingerprint density at radius 3 is 3.00 bits per heavy atom. The summed E-state index contributed by atoms with van der Waals surface area (Å²) in [5.74, 6) is 0. The fourth-order valence-electron chi connectivity index (χ4n) is 2.02. The van der Waals surface area contributed by atoms with Crippen LogP contribution in [0.25, 0.3) is 0 Å². The van der Waals surface area contributed by atoms with Crippen LogP contribution in [0.15, 0.2) is 11.1 Å². The summed E-state index contributed by atoms with van der Waals surface area (Å²) in [6, 6.07) is 0. The van der Waals surface area contributed by atoms with E-state index < -0.39 is 0 Å². The van der Waals surface area contributed by atoms with Crippen molar-refractivity contribution in [2.24, 2.45) is 0 Å². The first-order valence-corrected chi connectivity index (χ1v) is 4.64. The Labute approximate surface area is 73.1 Å². The normalized spacial score (nSPS) is 24.8. The van der Waals surface area contributed by atoms with E-state index in [0.29, 0.717) is 0 Å². The van der Waals surface area contributed by atoms with Crippen molar-refractivity contribution in [1.82, 2.24) is 10.2 Å². The van der Waals surface area contributed by atoms with Gasteiger partial charge in [0.1, 0.15) is 0 Å². The van der Waals surface area contributed by atoms with Crippen LogP contribution in [0, 0.1) is 0 Å². The van der Waals surface area contributed by atoms with E-state index in [1.54, 1.807) is 11.1 Å². The Bertz CT molecular complexity index is 201. The van der Waals surface area contributed by atoms with E-state index in [1.165, 1.54) is 6.42 Å². The van der Waals surface area contributed by atoms with Crippen molar-refractivity contribution in [3.05, 3.63) is 11.1 Å². The van der Waals surface area contributed by atoms with E-state index in [0.717, 1.165) is 32.7 Å². The van der Waals surface area contributed by atoms with Crippen LogP contribution >= 0.6 is 0 Å². The molecule has 2 heterocycles. The van der Waals surface area contributed by atoms with Gasteiger partial charge in [-0.15, -0.1) is 0 Å². The van der Waals surface area contributed by atoms with E-state index in [4.69, 9.17) is 5.11 Å². The van der Waals surface area contributed by atoms with Gasteiger partial charge >= 0.3 is 0 Å². The third-order valence-corrected chi connectivity index (χ3v) is 2.74. The molecular formula is C9H16N2O. The second-order valence-corrected chi connectivity index (χ2v) is 3.56. The highest BCUT2D eigenvalue weighted by molar-refractivity contribution is 5.26. The highest BCUT2D eigenvalue weighted by Gasteiger charge is 2.21. The molecule has 0 bridgehead atoms. The number of hydrogen-bond acceptors (Lipinski definition) is 3. The molecule has 0 saturated heterocycles. The van der Waals surface area contributed by atoms with Gasteiger partial charge in [-0.05, 0) is 12.0 Å². The predicted molar refractivity (Wildman–Crippen MR) is 48.0 cm³/mol. The van der Waals surface area contributed by atoms with Gasteiger partial charge in [-0.2, -0.15) is 0 Å². The largest absolute Gasteiger partial charge is 0.395 e. The van der Waals surface area contributed by atoms with E-state index in [9.17, 15) is 0 Å². The average molecular weight is 168 g/mol. The van der Waals surface area contributed by atoms with Crippen molar-refractivity contribution in [2.45, 2.75) is 6.42 Å². The molecule has 0 unspecified atom stereocenters. The van der Waals surface area contributed by atoms with Crippen molar-refractivity contribution in [2.75, 3.05) is 39.3 Å². The smallest absolute Gasteiger partial charge is 0.0558 e. The zero-order valence-electron chi connectivity index (χ0n) is 7.34. The lowest BCUT2D eigenvalue weighted by Crippen LogP contribution is -2.33. The number of nitrogens with zero attached hydrogens (tertiary/aromatic N) is 1. The van der Waals surface area contributed by atoms with Gasteiger partial charge in [-0.3, -0.25) is 4.90 Å². The third-order valence-electron chi connectivity index (χ3n) is 2.74. The summed E-state index contributed by atoms with van der Waals surface area (Å²) in [5.41, 5.74) is 3.18. The molecule has 0 fully saturated rings. The van der Waals surface area contributed by atoms with Crippen LogP contribution in [0.4, 0.5) is 0 Å². The van der Waals surface area contributed by atoms with Crippen molar-refractivity contribution in [3.8, 4) is 0 Å². The Kier molecular flexibility index (Phi) is 2.44. The van der Waals surface area contributed by atoms with Gasteiger partial charge in [0.05, 0.1) is 6.61 Å². The lowest BCUT2D eigenvalue weighted by atomic mass is 10.0. The van der Waals surface area contributed by atoms with Crippen molar-refractivity contribution in [3.63, 3.8) is 0 Å². The summed E-state index contributed by atoms with van der Waals surface area (Å²) in [6.07, 6.45) is 1.20. The van der Waals surface area contributed by atoms with Crippen LogP contribution in [0.3, 0.4) is 0 Å². The van der Waals surface area contributed by atoms with Crippen LogP contribution in [0.1, 0.15) is 6.42 Å². The van der Waals surface area contributed by atoms with Gasteiger partial charge < -0.3 is 10.4 Å². The summed E-state index contributed by atoms with van der Waals surface area (Å²) in [4.78, 5) is 2.33.